The number of H-pyrrole nitrogens is 1. The van der Waals surface area contributed by atoms with Gasteiger partial charge in [0.25, 0.3) is 12.2 Å². The number of rotatable bonds is 18. The maximum Gasteiger partial charge on any atom is 0.330 e. The highest BCUT2D eigenvalue weighted by Gasteiger charge is 2.42. The third-order valence-corrected chi connectivity index (χ3v) is 11.3. The Morgan fingerprint density at radius 3 is 2.51 bits per heavy atom. The molecular formula is C32H47N10O9PS. The minimum atomic E-state index is -3.27. The average molecular weight is 779 g/mol. The number of aliphatic imine (C=N–C) groups is 1. The molecule has 0 aromatic carbocycles. The van der Waals surface area contributed by atoms with E-state index in [2.05, 4.69) is 35.3 Å². The number of imidazole rings is 1. The van der Waals surface area contributed by atoms with Gasteiger partial charge in [0.15, 0.2) is 17.0 Å². The van der Waals surface area contributed by atoms with E-state index in [1.165, 1.54) is 24.0 Å². The summed E-state index contributed by atoms with van der Waals surface area (Å²) in [5.41, 5.74) is 0.280. The van der Waals surface area contributed by atoms with Crippen LogP contribution >= 0.6 is 6.64 Å². The molecule has 1 unspecified atom stereocenters. The molecule has 2 fully saturated rings. The number of ketones is 1. The number of nitrogens with zero attached hydrogens (tertiary/aromatic N) is 7. The SMILES string of the molecule is CCCOP(=S)(N[C@H]1C[C@H](n2cc(C)c(=O)[nH]c2=O)O[C@@H]1COC(=O)CCC(C)=O)OC[C@H]1O[C@@H](n2cnc3c(N=CN(C)C)ncnc32)C[C@@H]1NC. The van der Waals surface area contributed by atoms with Crippen LogP contribution in [0, 0.1) is 6.92 Å². The number of nitrogens with one attached hydrogen (secondary N) is 3. The van der Waals surface area contributed by atoms with Crippen molar-refractivity contribution in [3.63, 3.8) is 0 Å². The van der Waals surface area contributed by atoms with Crippen molar-refractivity contribution in [2.45, 2.75) is 89.6 Å². The molecule has 0 amide bonds. The van der Waals surface area contributed by atoms with Crippen LogP contribution in [0.1, 0.15) is 64.0 Å². The van der Waals surface area contributed by atoms with Gasteiger partial charge in [0.1, 0.15) is 37.3 Å². The lowest BCUT2D eigenvalue weighted by atomic mass is 10.1. The number of hydrogen-bond donors (Lipinski definition) is 3. The Kier molecular flexibility index (Phi) is 13.8. The monoisotopic (exact) mass is 778 g/mol. The van der Waals surface area contributed by atoms with Crippen LogP contribution < -0.4 is 21.7 Å². The van der Waals surface area contributed by atoms with E-state index in [-0.39, 0.29) is 44.3 Å². The molecule has 3 aromatic heterocycles. The molecule has 0 saturated carbocycles. The molecule has 2 aliphatic rings. The zero-order valence-corrected chi connectivity index (χ0v) is 32.3. The molecule has 0 bridgehead atoms. The Hall–Kier alpha value is -3.75. The van der Waals surface area contributed by atoms with Crippen LogP contribution in [-0.4, -0.2) is 117 Å². The van der Waals surface area contributed by atoms with E-state index >= 15 is 0 Å². The fourth-order valence-corrected chi connectivity index (χ4v) is 8.37. The number of hydrogen-bond acceptors (Lipinski definition) is 15. The van der Waals surface area contributed by atoms with Crippen molar-refractivity contribution in [2.75, 3.05) is 41.0 Å². The number of Topliss-reactive ketones (excluding diaryl/α,β-unsaturated/α-hetero) is 1. The maximum absolute atomic E-state index is 12.8. The largest absolute Gasteiger partial charge is 0.463 e. The van der Waals surface area contributed by atoms with E-state index in [4.69, 9.17) is 35.1 Å². The highest BCUT2D eigenvalue weighted by molar-refractivity contribution is 8.09. The van der Waals surface area contributed by atoms with Crippen LogP contribution in [0.2, 0.25) is 0 Å². The van der Waals surface area contributed by atoms with Gasteiger partial charge in [-0.1, -0.05) is 6.92 Å². The van der Waals surface area contributed by atoms with Crippen molar-refractivity contribution in [3.05, 3.63) is 45.3 Å². The molecule has 5 heterocycles. The van der Waals surface area contributed by atoms with Gasteiger partial charge in [-0.05, 0) is 39.1 Å². The zero-order chi connectivity index (χ0) is 38.3. The molecule has 0 aliphatic carbocycles. The molecule has 5 rings (SSSR count). The van der Waals surface area contributed by atoms with Crippen molar-refractivity contribution >= 4 is 53.5 Å². The summed E-state index contributed by atoms with van der Waals surface area (Å²) in [5.74, 6) is -0.267. The number of fused-ring (bicyclic) bond motifs is 1. The predicted octanol–water partition coefficient (Wildman–Crippen LogP) is 1.61. The summed E-state index contributed by atoms with van der Waals surface area (Å²) in [6.45, 7) is 1.83. The van der Waals surface area contributed by atoms with E-state index < -0.39 is 54.6 Å². The summed E-state index contributed by atoms with van der Waals surface area (Å²) >= 11 is 6.03. The number of likely N-dealkylation sites (N-methyl/N-ethyl adjacent to an activating group) is 1. The van der Waals surface area contributed by atoms with Crippen LogP contribution in [0.15, 0.2) is 33.4 Å². The Morgan fingerprint density at radius 1 is 1.09 bits per heavy atom. The molecule has 53 heavy (non-hydrogen) atoms. The van der Waals surface area contributed by atoms with Gasteiger partial charge in [0.2, 0.25) is 0 Å². The van der Waals surface area contributed by atoms with E-state index in [0.717, 1.165) is 0 Å². The van der Waals surface area contributed by atoms with Crippen LogP contribution in [-0.2, 0) is 44.7 Å². The number of aromatic nitrogens is 6. The standard InChI is InChI=1S/C32H47N10O9PS/c1-7-10-48-52(53,39-22-12-25(41-13-19(2)31(45)38-32(41)46)50-23(22)14-47-27(44)9-8-20(3)43)49-15-24-21(33-4)11-26(51-24)42-18-36-28-29(37-17-40(5)6)34-16-35-30(28)42/h13,16-18,21-26,33H,7-12,14-15H2,1-6H3,(H,39,53)(H,38,45,46)/t21-,22-,23+,24+,25+,26+,52?/m0/s1. The molecule has 19 nitrogen and oxygen atoms in total. The van der Waals surface area contributed by atoms with Gasteiger partial charge in [-0.25, -0.2) is 29.8 Å². The summed E-state index contributed by atoms with van der Waals surface area (Å²) in [6.07, 6.45) is 5.08. The Balaban J connectivity index is 1.32. The number of carbonyl (C=O) groups excluding carboxylic acids is 2. The highest BCUT2D eigenvalue weighted by atomic mass is 32.5. The quantitative estimate of drug-likeness (QED) is 0.0723. The zero-order valence-electron chi connectivity index (χ0n) is 30.6. The van der Waals surface area contributed by atoms with Gasteiger partial charge in [-0.2, -0.15) is 0 Å². The lowest BCUT2D eigenvalue weighted by Crippen LogP contribution is -2.40. The Labute approximate surface area is 311 Å². The first-order chi connectivity index (χ1) is 25.3. The smallest absolute Gasteiger partial charge is 0.330 e. The number of carbonyl (C=O) groups is 2. The van der Waals surface area contributed by atoms with Crippen LogP contribution in [0.3, 0.4) is 0 Å². The second-order valence-electron chi connectivity index (χ2n) is 13.1. The van der Waals surface area contributed by atoms with E-state index in [1.807, 2.05) is 32.6 Å². The number of aryl methyl sites for hydroxylation is 1. The number of esters is 1. The first kappa shape index (κ1) is 40.4. The van der Waals surface area contributed by atoms with Crippen molar-refractivity contribution in [1.29, 1.82) is 0 Å². The van der Waals surface area contributed by atoms with Gasteiger partial charge in [0.05, 0.1) is 38.4 Å². The lowest BCUT2D eigenvalue weighted by molar-refractivity contribution is -0.149. The van der Waals surface area contributed by atoms with Crippen molar-refractivity contribution < 1.29 is 32.8 Å². The van der Waals surface area contributed by atoms with Crippen molar-refractivity contribution in [2.24, 2.45) is 4.99 Å². The normalized spacial score (nSPS) is 24.2. The van der Waals surface area contributed by atoms with Crippen LogP contribution in [0.4, 0.5) is 5.82 Å². The molecule has 21 heteroatoms. The molecule has 7 atom stereocenters. The van der Waals surface area contributed by atoms with Gasteiger partial charge in [-0.15, -0.1) is 0 Å². The molecule has 3 N–H and O–H groups in total. The Morgan fingerprint density at radius 2 is 1.81 bits per heavy atom. The topological polar surface area (TPSA) is 218 Å². The maximum atomic E-state index is 12.8. The number of aromatic amines is 1. The summed E-state index contributed by atoms with van der Waals surface area (Å²) in [5, 5.41) is 6.65. The lowest BCUT2D eigenvalue weighted by Gasteiger charge is -2.30. The minimum absolute atomic E-state index is 0.0507. The number of ether oxygens (including phenoxy) is 3. The summed E-state index contributed by atoms with van der Waals surface area (Å²) < 4.78 is 33.9. The van der Waals surface area contributed by atoms with Gasteiger partial charge in [-0.3, -0.25) is 23.7 Å². The van der Waals surface area contributed by atoms with Gasteiger partial charge < -0.3 is 38.3 Å². The molecule has 290 valence electrons. The summed E-state index contributed by atoms with van der Waals surface area (Å²) in [4.78, 5) is 70.4. The van der Waals surface area contributed by atoms with Gasteiger partial charge in [0, 0.05) is 57.2 Å². The minimum Gasteiger partial charge on any atom is -0.463 e. The summed E-state index contributed by atoms with van der Waals surface area (Å²) in [7, 11) is 5.56. The third-order valence-electron chi connectivity index (χ3n) is 8.65. The van der Waals surface area contributed by atoms with Crippen molar-refractivity contribution in [1.82, 2.24) is 44.4 Å². The second kappa shape index (κ2) is 18.1. The third kappa shape index (κ3) is 10.3. The van der Waals surface area contributed by atoms with E-state index in [0.29, 0.717) is 42.0 Å². The molecule has 2 aliphatic heterocycles. The van der Waals surface area contributed by atoms with Crippen LogP contribution in [0.5, 0.6) is 0 Å². The fraction of sp³-hybridized carbons (Fsp3) is 0.625. The first-order valence-corrected chi connectivity index (χ1v) is 19.9. The fourth-order valence-electron chi connectivity index (χ4n) is 5.89. The predicted molar refractivity (Wildman–Crippen MR) is 197 cm³/mol. The Bertz CT molecular complexity index is 1950. The van der Waals surface area contributed by atoms with E-state index in [1.54, 1.807) is 24.5 Å². The van der Waals surface area contributed by atoms with Crippen molar-refractivity contribution in [3.8, 4) is 0 Å². The molecule has 3 aromatic rings. The average Bonchev–Trinajstić information content (AvgIpc) is 3.85. The molecule has 0 radical (unpaired) electrons. The van der Waals surface area contributed by atoms with Crippen LogP contribution in [0.25, 0.3) is 11.2 Å². The first-order valence-electron chi connectivity index (χ1n) is 17.3. The highest BCUT2D eigenvalue weighted by Crippen LogP contribution is 2.48. The molecule has 2 saturated heterocycles. The second-order valence-corrected chi connectivity index (χ2v) is 16.3. The van der Waals surface area contributed by atoms with E-state index in [9.17, 15) is 19.2 Å². The molecular weight excluding hydrogens is 731 g/mol. The summed E-state index contributed by atoms with van der Waals surface area (Å²) in [6, 6.07) is -0.724. The van der Waals surface area contributed by atoms with Gasteiger partial charge >= 0.3 is 11.7 Å². The molecule has 0 spiro atoms.